The standard InChI is InChI=1S/C23H20Cl2F3NOS/c1-13(29-21(30)16-6-7-16)14-2-4-15(5-3-14)17-11-22(31-12-17,23(26,27)28)18-8-19(24)10-20(25)9-18/h2-5,8-10,12-13,16H,6-7,11H2,1H3,(H,29,30). The van der Waals surface area contributed by atoms with Crippen LogP contribution in [0.3, 0.4) is 0 Å². The Labute approximate surface area is 193 Å². The van der Waals surface area contributed by atoms with E-state index in [-0.39, 0.29) is 39.9 Å². The third-order valence-corrected chi connectivity index (χ3v) is 7.57. The van der Waals surface area contributed by atoms with Crippen molar-refractivity contribution in [3.63, 3.8) is 0 Å². The fourth-order valence-electron chi connectivity index (χ4n) is 3.73. The molecule has 1 aliphatic heterocycles. The van der Waals surface area contributed by atoms with E-state index >= 15 is 0 Å². The average Bonchev–Trinajstić information content (AvgIpc) is 3.44. The van der Waals surface area contributed by atoms with Crippen molar-refractivity contribution in [1.82, 2.24) is 5.32 Å². The van der Waals surface area contributed by atoms with Gasteiger partial charge in [-0.3, -0.25) is 4.79 Å². The van der Waals surface area contributed by atoms with E-state index in [9.17, 15) is 18.0 Å². The molecule has 164 valence electrons. The summed E-state index contributed by atoms with van der Waals surface area (Å²) in [6.45, 7) is 1.90. The van der Waals surface area contributed by atoms with Crippen LogP contribution in [-0.2, 0) is 9.54 Å². The van der Waals surface area contributed by atoms with Crippen LogP contribution in [0, 0.1) is 5.92 Å². The molecule has 0 aromatic heterocycles. The molecule has 8 heteroatoms. The molecule has 1 aliphatic carbocycles. The number of amides is 1. The van der Waals surface area contributed by atoms with Gasteiger partial charge in [-0.05, 0) is 65.6 Å². The highest BCUT2D eigenvalue weighted by Gasteiger charge is 2.58. The van der Waals surface area contributed by atoms with Crippen LogP contribution in [-0.4, -0.2) is 12.1 Å². The second-order valence-electron chi connectivity index (χ2n) is 8.05. The third kappa shape index (κ3) is 4.62. The first-order valence-corrected chi connectivity index (χ1v) is 11.5. The molecule has 2 aromatic rings. The van der Waals surface area contributed by atoms with Gasteiger partial charge in [0, 0.05) is 22.4 Å². The van der Waals surface area contributed by atoms with Crippen molar-refractivity contribution in [2.24, 2.45) is 5.92 Å². The maximum Gasteiger partial charge on any atom is 0.407 e. The number of halogens is 5. The molecule has 0 radical (unpaired) electrons. The van der Waals surface area contributed by atoms with Crippen molar-refractivity contribution in [2.75, 3.05) is 0 Å². The Balaban J connectivity index is 1.55. The van der Waals surface area contributed by atoms with E-state index in [2.05, 4.69) is 5.32 Å². The highest BCUT2D eigenvalue weighted by Crippen LogP contribution is 2.60. The first-order valence-electron chi connectivity index (χ1n) is 9.90. The van der Waals surface area contributed by atoms with E-state index in [0.717, 1.165) is 35.7 Å². The monoisotopic (exact) mass is 485 g/mol. The van der Waals surface area contributed by atoms with Crippen molar-refractivity contribution in [1.29, 1.82) is 0 Å². The number of allylic oxidation sites excluding steroid dienone is 1. The van der Waals surface area contributed by atoms with Gasteiger partial charge >= 0.3 is 6.18 Å². The lowest BCUT2D eigenvalue weighted by Gasteiger charge is -2.32. The number of carbonyl (C=O) groups excluding carboxylic acids is 1. The number of alkyl halides is 3. The van der Waals surface area contributed by atoms with Crippen molar-refractivity contribution < 1.29 is 18.0 Å². The highest BCUT2D eigenvalue weighted by molar-refractivity contribution is 8.03. The van der Waals surface area contributed by atoms with Gasteiger partial charge in [0.15, 0.2) is 0 Å². The maximum absolute atomic E-state index is 14.2. The minimum absolute atomic E-state index is 0.0433. The molecule has 0 bridgehead atoms. The van der Waals surface area contributed by atoms with E-state index in [4.69, 9.17) is 23.2 Å². The molecule has 0 saturated heterocycles. The molecule has 1 saturated carbocycles. The number of nitrogens with one attached hydrogen (secondary N) is 1. The highest BCUT2D eigenvalue weighted by atomic mass is 35.5. The van der Waals surface area contributed by atoms with Crippen molar-refractivity contribution in [3.8, 4) is 0 Å². The van der Waals surface area contributed by atoms with Crippen LogP contribution in [0.25, 0.3) is 5.57 Å². The number of hydrogen-bond donors (Lipinski definition) is 1. The summed E-state index contributed by atoms with van der Waals surface area (Å²) in [6, 6.07) is 11.2. The second kappa shape index (κ2) is 8.38. The van der Waals surface area contributed by atoms with Gasteiger partial charge in [-0.25, -0.2) is 0 Å². The summed E-state index contributed by atoms with van der Waals surface area (Å²) >= 11 is 12.7. The van der Waals surface area contributed by atoms with Crippen LogP contribution in [0.4, 0.5) is 13.2 Å². The van der Waals surface area contributed by atoms with Gasteiger partial charge < -0.3 is 5.32 Å². The van der Waals surface area contributed by atoms with Gasteiger partial charge in [0.1, 0.15) is 4.75 Å². The van der Waals surface area contributed by atoms with Gasteiger partial charge in [0.2, 0.25) is 5.91 Å². The molecule has 2 atom stereocenters. The molecule has 2 unspecified atom stereocenters. The molecule has 2 nitrogen and oxygen atoms in total. The molecule has 1 amide bonds. The molecular weight excluding hydrogens is 466 g/mol. The molecule has 1 N–H and O–H groups in total. The quantitative estimate of drug-likeness (QED) is 0.474. The predicted molar refractivity (Wildman–Crippen MR) is 120 cm³/mol. The van der Waals surface area contributed by atoms with E-state index in [1.165, 1.54) is 18.2 Å². The Hall–Kier alpha value is -1.63. The van der Waals surface area contributed by atoms with Crippen LogP contribution < -0.4 is 5.32 Å². The van der Waals surface area contributed by atoms with Crippen LogP contribution in [0.1, 0.15) is 48.9 Å². The predicted octanol–water partition coefficient (Wildman–Crippen LogP) is 7.52. The Bertz CT molecular complexity index is 1010. The van der Waals surface area contributed by atoms with Gasteiger partial charge in [-0.15, -0.1) is 11.8 Å². The molecular formula is C23H20Cl2F3NOS. The number of hydrogen-bond acceptors (Lipinski definition) is 2. The summed E-state index contributed by atoms with van der Waals surface area (Å²) in [5, 5.41) is 4.89. The normalized spacial score (nSPS) is 22.2. The lowest BCUT2D eigenvalue weighted by Crippen LogP contribution is -2.37. The number of benzene rings is 2. The lowest BCUT2D eigenvalue weighted by atomic mass is 9.88. The van der Waals surface area contributed by atoms with Crippen LogP contribution >= 0.6 is 35.0 Å². The molecule has 2 aromatic carbocycles. The van der Waals surface area contributed by atoms with E-state index < -0.39 is 10.9 Å². The van der Waals surface area contributed by atoms with Crippen LogP contribution in [0.5, 0.6) is 0 Å². The lowest BCUT2D eigenvalue weighted by molar-refractivity contribution is -0.160. The van der Waals surface area contributed by atoms with Gasteiger partial charge in [0.25, 0.3) is 0 Å². The fourth-order valence-corrected chi connectivity index (χ4v) is 5.44. The summed E-state index contributed by atoms with van der Waals surface area (Å²) < 4.78 is 40.6. The average molecular weight is 486 g/mol. The number of thioether (sulfide) groups is 1. The Morgan fingerprint density at radius 1 is 1.13 bits per heavy atom. The minimum atomic E-state index is -4.49. The van der Waals surface area contributed by atoms with E-state index in [0.29, 0.717) is 5.57 Å². The Kier molecular flexibility index (Phi) is 6.10. The molecule has 1 fully saturated rings. The van der Waals surface area contributed by atoms with Crippen LogP contribution in [0.2, 0.25) is 10.0 Å². The smallest absolute Gasteiger partial charge is 0.349 e. The maximum atomic E-state index is 14.2. The number of rotatable bonds is 5. The SMILES string of the molecule is CC(NC(=O)C1CC1)c1ccc(C2=CSC(c3cc(Cl)cc(Cl)c3)(C(F)(F)F)C2)cc1. The summed E-state index contributed by atoms with van der Waals surface area (Å²) in [5.41, 5.74) is 2.27. The van der Waals surface area contributed by atoms with Gasteiger partial charge in [-0.2, -0.15) is 13.2 Å². The van der Waals surface area contributed by atoms with Crippen molar-refractivity contribution in [2.45, 2.75) is 43.2 Å². The summed E-state index contributed by atoms with van der Waals surface area (Å²) in [7, 11) is 0. The van der Waals surface area contributed by atoms with E-state index in [1.807, 2.05) is 19.1 Å². The topological polar surface area (TPSA) is 29.1 Å². The summed E-state index contributed by atoms with van der Waals surface area (Å²) in [5.74, 6) is 0.180. The largest absolute Gasteiger partial charge is 0.407 e. The van der Waals surface area contributed by atoms with Crippen LogP contribution in [0.15, 0.2) is 47.9 Å². The van der Waals surface area contributed by atoms with Gasteiger partial charge in [-0.1, -0.05) is 47.5 Å². The van der Waals surface area contributed by atoms with Gasteiger partial charge in [0.05, 0.1) is 6.04 Å². The Morgan fingerprint density at radius 3 is 2.29 bits per heavy atom. The summed E-state index contributed by atoms with van der Waals surface area (Å²) in [4.78, 5) is 12.0. The zero-order chi connectivity index (χ0) is 22.4. The third-order valence-electron chi connectivity index (χ3n) is 5.72. The number of carbonyl (C=O) groups is 1. The zero-order valence-electron chi connectivity index (χ0n) is 16.6. The van der Waals surface area contributed by atoms with Crippen molar-refractivity contribution >= 4 is 46.4 Å². The van der Waals surface area contributed by atoms with E-state index in [1.54, 1.807) is 17.5 Å². The molecule has 1 heterocycles. The first kappa shape index (κ1) is 22.6. The minimum Gasteiger partial charge on any atom is -0.349 e. The zero-order valence-corrected chi connectivity index (χ0v) is 18.9. The molecule has 0 spiro atoms. The summed E-state index contributed by atoms with van der Waals surface area (Å²) in [6.07, 6.45) is -2.85. The fraction of sp³-hybridized carbons (Fsp3) is 0.348. The molecule has 2 aliphatic rings. The first-order chi connectivity index (χ1) is 14.6. The second-order valence-corrected chi connectivity index (χ2v) is 10.1. The Morgan fingerprint density at radius 2 is 1.74 bits per heavy atom. The molecule has 4 rings (SSSR count). The van der Waals surface area contributed by atoms with Crippen molar-refractivity contribution in [3.05, 3.63) is 74.6 Å². The molecule has 31 heavy (non-hydrogen) atoms.